The first-order chi connectivity index (χ1) is 11.9. The third-order valence-corrected chi connectivity index (χ3v) is 7.61. The molecule has 0 radical (unpaired) electrons. The van der Waals surface area contributed by atoms with Crippen molar-refractivity contribution < 1.29 is 22.6 Å². The number of amides is 1. The summed E-state index contributed by atoms with van der Waals surface area (Å²) in [4.78, 5) is 13.4. The van der Waals surface area contributed by atoms with Gasteiger partial charge in [0.2, 0.25) is 0 Å². The average Bonchev–Trinajstić information content (AvgIpc) is 3.26. The van der Waals surface area contributed by atoms with Crippen molar-refractivity contribution in [3.63, 3.8) is 0 Å². The number of carbonyl (C=O) groups excluding carboxylic acids is 1. The molecule has 0 bridgehead atoms. The van der Waals surface area contributed by atoms with Crippen LogP contribution in [-0.4, -0.2) is 56.0 Å². The lowest BCUT2D eigenvalue weighted by Gasteiger charge is -2.33. The van der Waals surface area contributed by atoms with E-state index in [1.165, 1.54) is 15.6 Å². The van der Waals surface area contributed by atoms with Crippen molar-refractivity contribution in [1.29, 1.82) is 0 Å². The zero-order valence-corrected chi connectivity index (χ0v) is 15.7. The molecular formula is C15H21N4O4S2+. The fourth-order valence-electron chi connectivity index (χ4n) is 2.83. The Morgan fingerprint density at radius 2 is 2.16 bits per heavy atom. The summed E-state index contributed by atoms with van der Waals surface area (Å²) in [5.41, 5.74) is 0. The minimum absolute atomic E-state index is 0.155. The van der Waals surface area contributed by atoms with Gasteiger partial charge in [-0.15, -0.1) is 11.3 Å². The number of quaternary nitrogens is 1. The molecule has 25 heavy (non-hydrogen) atoms. The highest BCUT2D eigenvalue weighted by molar-refractivity contribution is 7.91. The number of piperazine rings is 1. The second-order valence-corrected chi connectivity index (χ2v) is 9.14. The van der Waals surface area contributed by atoms with Gasteiger partial charge in [-0.2, -0.15) is 4.31 Å². The van der Waals surface area contributed by atoms with Crippen molar-refractivity contribution in [2.45, 2.75) is 24.1 Å². The zero-order chi connectivity index (χ0) is 18.0. The molecule has 10 heteroatoms. The summed E-state index contributed by atoms with van der Waals surface area (Å²) in [7, 11) is -3.42. The lowest BCUT2D eigenvalue weighted by molar-refractivity contribution is -0.917. The summed E-state index contributed by atoms with van der Waals surface area (Å²) >= 11 is 1.22. The molecule has 3 rings (SSSR count). The van der Waals surface area contributed by atoms with Crippen molar-refractivity contribution in [2.75, 3.05) is 31.5 Å². The third-order valence-electron chi connectivity index (χ3n) is 4.34. The van der Waals surface area contributed by atoms with Gasteiger partial charge in [0.05, 0.1) is 26.2 Å². The molecular weight excluding hydrogens is 364 g/mol. The fraction of sp³-hybridized carbons (Fsp3) is 0.467. The van der Waals surface area contributed by atoms with E-state index in [9.17, 15) is 13.2 Å². The van der Waals surface area contributed by atoms with Crippen LogP contribution in [0.25, 0.3) is 0 Å². The molecule has 136 valence electrons. The number of thiophene rings is 1. The first-order valence-corrected chi connectivity index (χ1v) is 10.3. The van der Waals surface area contributed by atoms with E-state index in [-0.39, 0.29) is 11.9 Å². The van der Waals surface area contributed by atoms with E-state index in [1.54, 1.807) is 30.5 Å². The Balaban J connectivity index is 1.57. The predicted molar refractivity (Wildman–Crippen MR) is 93.1 cm³/mol. The quantitative estimate of drug-likeness (QED) is 0.753. The van der Waals surface area contributed by atoms with Crippen LogP contribution >= 0.6 is 11.3 Å². The normalized spacial score (nSPS) is 18.2. The number of sulfonamides is 1. The number of rotatable bonds is 5. The van der Waals surface area contributed by atoms with Crippen LogP contribution in [-0.2, 0) is 14.8 Å². The van der Waals surface area contributed by atoms with E-state index in [4.69, 9.17) is 4.52 Å². The van der Waals surface area contributed by atoms with Gasteiger partial charge in [-0.1, -0.05) is 11.2 Å². The molecule has 1 fully saturated rings. The van der Waals surface area contributed by atoms with Crippen molar-refractivity contribution in [1.82, 2.24) is 9.46 Å². The van der Waals surface area contributed by atoms with E-state index in [2.05, 4.69) is 10.5 Å². The van der Waals surface area contributed by atoms with Crippen LogP contribution in [0, 0.1) is 6.92 Å². The van der Waals surface area contributed by atoms with Crippen LogP contribution in [0.3, 0.4) is 0 Å². The van der Waals surface area contributed by atoms with Gasteiger partial charge in [0.25, 0.3) is 15.9 Å². The molecule has 3 heterocycles. The third kappa shape index (κ3) is 3.92. The minimum atomic E-state index is -3.42. The smallest absolute Gasteiger partial charge is 0.283 e. The Morgan fingerprint density at radius 3 is 2.72 bits per heavy atom. The lowest BCUT2D eigenvalue weighted by Crippen LogP contribution is -3.19. The van der Waals surface area contributed by atoms with E-state index < -0.39 is 10.0 Å². The van der Waals surface area contributed by atoms with Crippen molar-refractivity contribution >= 4 is 33.1 Å². The van der Waals surface area contributed by atoms with E-state index in [0.717, 1.165) is 4.90 Å². The second kappa shape index (κ2) is 7.24. The number of aromatic nitrogens is 1. The summed E-state index contributed by atoms with van der Waals surface area (Å²) in [6, 6.07) is 4.71. The zero-order valence-electron chi connectivity index (χ0n) is 14.1. The Bertz CT molecular complexity index is 824. The maximum atomic E-state index is 12.5. The molecule has 1 atom stereocenters. The Kier molecular flexibility index (Phi) is 5.23. The molecule has 0 aromatic carbocycles. The van der Waals surface area contributed by atoms with Crippen LogP contribution < -0.4 is 10.2 Å². The molecule has 2 N–H and O–H groups in total. The standard InChI is InChI=1S/C15H20N4O4S2/c1-11-10-13(17-23-11)16-15(20)12(2)18-5-7-19(8-6-18)25(21,22)14-4-3-9-24-14/h3-4,9-10,12H,5-8H2,1-2H3,(H,16,17,20)/p+1/t12-/m0/s1. The number of carbonyl (C=O) groups is 1. The first kappa shape index (κ1) is 18.1. The molecule has 1 aliphatic rings. The van der Waals surface area contributed by atoms with Crippen LogP contribution in [0.4, 0.5) is 5.82 Å². The molecule has 8 nitrogen and oxygen atoms in total. The highest BCUT2D eigenvalue weighted by atomic mass is 32.2. The van der Waals surface area contributed by atoms with Gasteiger partial charge in [0.1, 0.15) is 9.97 Å². The summed E-state index contributed by atoms with van der Waals surface area (Å²) in [5.74, 6) is 0.869. The maximum Gasteiger partial charge on any atom is 0.283 e. The molecule has 2 aromatic rings. The summed E-state index contributed by atoms with van der Waals surface area (Å²) in [6.07, 6.45) is 0. The molecule has 0 aliphatic carbocycles. The second-order valence-electron chi connectivity index (χ2n) is 6.03. The van der Waals surface area contributed by atoms with Gasteiger partial charge in [-0.05, 0) is 25.3 Å². The van der Waals surface area contributed by atoms with Crippen LogP contribution in [0.1, 0.15) is 12.7 Å². The number of hydrogen-bond donors (Lipinski definition) is 2. The predicted octanol–water partition coefficient (Wildman–Crippen LogP) is -0.0391. The van der Waals surface area contributed by atoms with Gasteiger partial charge in [-0.25, -0.2) is 8.42 Å². The molecule has 0 saturated carbocycles. The van der Waals surface area contributed by atoms with E-state index >= 15 is 0 Å². The molecule has 0 unspecified atom stereocenters. The SMILES string of the molecule is Cc1cc(NC(=O)[C@H](C)[NH+]2CCN(S(=O)(=O)c3cccs3)CC2)no1. The highest BCUT2D eigenvalue weighted by Gasteiger charge is 2.34. The van der Waals surface area contributed by atoms with Gasteiger partial charge in [0.15, 0.2) is 11.9 Å². The number of nitrogens with zero attached hydrogens (tertiary/aromatic N) is 2. The number of anilines is 1. The molecule has 0 spiro atoms. The Labute approximate surface area is 150 Å². The van der Waals surface area contributed by atoms with Crippen molar-refractivity contribution in [3.8, 4) is 0 Å². The van der Waals surface area contributed by atoms with Gasteiger partial charge >= 0.3 is 0 Å². The van der Waals surface area contributed by atoms with Crippen molar-refractivity contribution in [3.05, 3.63) is 29.3 Å². The maximum absolute atomic E-state index is 12.5. The largest absolute Gasteiger partial charge is 0.360 e. The van der Waals surface area contributed by atoms with Gasteiger partial charge < -0.3 is 14.7 Å². The average molecular weight is 385 g/mol. The number of nitrogens with one attached hydrogen (secondary N) is 2. The molecule has 2 aromatic heterocycles. The van der Waals surface area contributed by atoms with Crippen LogP contribution in [0.5, 0.6) is 0 Å². The van der Waals surface area contributed by atoms with Gasteiger partial charge in [0, 0.05) is 6.07 Å². The van der Waals surface area contributed by atoms with E-state index in [0.29, 0.717) is 42.0 Å². The summed E-state index contributed by atoms with van der Waals surface area (Å²) < 4.78 is 31.9. The fourth-order valence-corrected chi connectivity index (χ4v) is 5.42. The first-order valence-electron chi connectivity index (χ1n) is 8.00. The highest BCUT2D eigenvalue weighted by Crippen LogP contribution is 2.20. The Morgan fingerprint density at radius 1 is 1.44 bits per heavy atom. The van der Waals surface area contributed by atoms with E-state index in [1.807, 2.05) is 6.92 Å². The Hall–Kier alpha value is -1.75. The summed E-state index contributed by atoms with van der Waals surface area (Å²) in [5, 5.41) is 8.24. The number of aryl methyl sites for hydroxylation is 1. The summed E-state index contributed by atoms with van der Waals surface area (Å²) in [6.45, 7) is 5.55. The van der Waals surface area contributed by atoms with Crippen molar-refractivity contribution in [2.24, 2.45) is 0 Å². The minimum Gasteiger partial charge on any atom is -0.360 e. The molecule has 1 saturated heterocycles. The van der Waals surface area contributed by atoms with Crippen LogP contribution in [0.15, 0.2) is 32.3 Å². The number of hydrogen-bond acceptors (Lipinski definition) is 6. The monoisotopic (exact) mass is 385 g/mol. The van der Waals surface area contributed by atoms with Crippen LogP contribution in [0.2, 0.25) is 0 Å². The van der Waals surface area contributed by atoms with Gasteiger partial charge in [-0.3, -0.25) is 4.79 Å². The topological polar surface area (TPSA) is 97.0 Å². The molecule has 1 aliphatic heterocycles. The molecule has 1 amide bonds. The lowest BCUT2D eigenvalue weighted by atomic mass is 10.2.